The van der Waals surface area contributed by atoms with Crippen molar-refractivity contribution in [3.8, 4) is 5.75 Å². The molecule has 0 N–H and O–H groups in total. The van der Waals surface area contributed by atoms with Crippen molar-refractivity contribution >= 4 is 33.3 Å². The van der Waals surface area contributed by atoms with Gasteiger partial charge in [0.2, 0.25) is 5.78 Å². The lowest BCUT2D eigenvalue weighted by atomic mass is 10.1. The van der Waals surface area contributed by atoms with E-state index in [1.165, 1.54) is 31.2 Å². The molecule has 2 aromatic heterocycles. The molecule has 3 rings (SSSR count). The molecule has 0 atom stereocenters. The summed E-state index contributed by atoms with van der Waals surface area (Å²) in [5.41, 5.74) is 0.321. The second-order valence-electron chi connectivity index (χ2n) is 4.55. The highest BCUT2D eigenvalue weighted by Gasteiger charge is 2.22. The number of nitrogens with zero attached hydrogens (tertiary/aromatic N) is 1. The van der Waals surface area contributed by atoms with Gasteiger partial charge in [0.15, 0.2) is 5.75 Å². The summed E-state index contributed by atoms with van der Waals surface area (Å²) < 4.78 is 18.2. The van der Waals surface area contributed by atoms with Gasteiger partial charge < -0.3 is 4.74 Å². The number of carbonyl (C=O) groups is 2. The molecule has 0 aliphatic heterocycles. The van der Waals surface area contributed by atoms with Crippen molar-refractivity contribution < 1.29 is 18.7 Å². The second kappa shape index (κ2) is 5.65. The lowest BCUT2D eigenvalue weighted by molar-refractivity contribution is -0.131. The van der Waals surface area contributed by atoms with E-state index >= 15 is 0 Å². The molecule has 0 saturated heterocycles. The lowest BCUT2D eigenvalue weighted by Gasteiger charge is -2.03. The highest BCUT2D eigenvalue weighted by atomic mass is 32.1. The standard InChI is InChI=1S/C16H10FNO3S/c1-9(19)21-14-12-3-2-8-18-16(12)22-15(14)13(20)10-4-6-11(17)7-5-10/h2-8H,1H3. The first-order valence-electron chi connectivity index (χ1n) is 6.42. The van der Waals surface area contributed by atoms with Crippen LogP contribution in [-0.4, -0.2) is 16.7 Å². The molecule has 0 spiro atoms. The van der Waals surface area contributed by atoms with Gasteiger partial charge >= 0.3 is 5.97 Å². The minimum atomic E-state index is -0.517. The Hall–Kier alpha value is -2.60. The van der Waals surface area contributed by atoms with Gasteiger partial charge in [-0.3, -0.25) is 9.59 Å². The lowest BCUT2D eigenvalue weighted by Crippen LogP contribution is -2.06. The van der Waals surface area contributed by atoms with Crippen molar-refractivity contribution in [1.29, 1.82) is 0 Å². The first-order chi connectivity index (χ1) is 10.6. The van der Waals surface area contributed by atoms with Gasteiger partial charge in [-0.25, -0.2) is 9.37 Å². The maximum Gasteiger partial charge on any atom is 0.308 e. The van der Waals surface area contributed by atoms with Crippen LogP contribution in [0.25, 0.3) is 10.2 Å². The van der Waals surface area contributed by atoms with E-state index in [9.17, 15) is 14.0 Å². The van der Waals surface area contributed by atoms with E-state index in [0.717, 1.165) is 11.3 Å². The normalized spacial score (nSPS) is 10.6. The average molecular weight is 315 g/mol. The summed E-state index contributed by atoms with van der Waals surface area (Å²) >= 11 is 1.14. The highest BCUT2D eigenvalue weighted by molar-refractivity contribution is 7.21. The van der Waals surface area contributed by atoms with Gasteiger partial charge in [-0.05, 0) is 36.4 Å². The Morgan fingerprint density at radius 2 is 1.91 bits per heavy atom. The van der Waals surface area contributed by atoms with Gasteiger partial charge in [-0.1, -0.05) is 0 Å². The molecule has 3 aromatic rings. The zero-order valence-electron chi connectivity index (χ0n) is 11.5. The van der Waals surface area contributed by atoms with Gasteiger partial charge in [-0.2, -0.15) is 0 Å². The van der Waals surface area contributed by atoms with Gasteiger partial charge in [0.05, 0.1) is 5.39 Å². The Morgan fingerprint density at radius 1 is 1.18 bits per heavy atom. The van der Waals surface area contributed by atoms with Crippen LogP contribution in [0.4, 0.5) is 4.39 Å². The third-order valence-electron chi connectivity index (χ3n) is 2.98. The summed E-state index contributed by atoms with van der Waals surface area (Å²) in [5.74, 6) is -1.07. The number of esters is 1. The number of halogens is 1. The Labute approximate surface area is 129 Å². The number of ether oxygens (including phenoxy) is 1. The van der Waals surface area contributed by atoms with Gasteiger partial charge in [0.25, 0.3) is 0 Å². The van der Waals surface area contributed by atoms with Crippen LogP contribution >= 0.6 is 11.3 Å². The number of aromatic nitrogens is 1. The molecule has 22 heavy (non-hydrogen) atoms. The van der Waals surface area contributed by atoms with Gasteiger partial charge in [0, 0.05) is 18.7 Å². The molecule has 0 radical (unpaired) electrons. The maximum atomic E-state index is 13.0. The minimum Gasteiger partial charge on any atom is -0.424 e. The van der Waals surface area contributed by atoms with Crippen LogP contribution in [0.1, 0.15) is 22.2 Å². The number of hydrogen-bond acceptors (Lipinski definition) is 5. The number of ketones is 1. The van der Waals surface area contributed by atoms with Gasteiger partial charge in [-0.15, -0.1) is 11.3 Å². The molecule has 4 nitrogen and oxygen atoms in total. The Balaban J connectivity index is 2.14. The predicted octanol–water partition coefficient (Wildman–Crippen LogP) is 3.59. The molecule has 110 valence electrons. The average Bonchev–Trinajstić information content (AvgIpc) is 2.86. The van der Waals surface area contributed by atoms with Crippen LogP contribution in [0.2, 0.25) is 0 Å². The number of benzene rings is 1. The van der Waals surface area contributed by atoms with Crippen LogP contribution in [0.3, 0.4) is 0 Å². The molecular weight excluding hydrogens is 305 g/mol. The summed E-state index contributed by atoms with van der Waals surface area (Å²) in [6.07, 6.45) is 1.60. The molecule has 0 unspecified atom stereocenters. The van der Waals surface area contributed by atoms with Crippen molar-refractivity contribution in [1.82, 2.24) is 4.98 Å². The molecule has 2 heterocycles. The van der Waals surface area contributed by atoms with Crippen LogP contribution in [0.5, 0.6) is 5.75 Å². The van der Waals surface area contributed by atoms with E-state index in [2.05, 4.69) is 4.98 Å². The monoisotopic (exact) mass is 315 g/mol. The van der Waals surface area contributed by atoms with Crippen LogP contribution in [0, 0.1) is 5.82 Å². The van der Waals surface area contributed by atoms with Crippen molar-refractivity contribution in [2.45, 2.75) is 6.92 Å². The molecule has 0 aliphatic carbocycles. The number of fused-ring (bicyclic) bond motifs is 1. The Bertz CT molecular complexity index is 871. The van der Waals surface area contributed by atoms with Crippen molar-refractivity contribution in [3.05, 3.63) is 58.9 Å². The van der Waals surface area contributed by atoms with E-state index in [0.29, 0.717) is 15.8 Å². The topological polar surface area (TPSA) is 56.3 Å². The van der Waals surface area contributed by atoms with E-state index in [1.807, 2.05) is 0 Å². The summed E-state index contributed by atoms with van der Waals surface area (Å²) in [4.78, 5) is 29.0. The smallest absolute Gasteiger partial charge is 0.308 e. The number of thiophene rings is 1. The maximum absolute atomic E-state index is 13.0. The van der Waals surface area contributed by atoms with E-state index < -0.39 is 11.8 Å². The molecular formula is C16H10FNO3S. The van der Waals surface area contributed by atoms with E-state index in [1.54, 1.807) is 18.3 Å². The number of carbonyl (C=O) groups excluding carboxylic acids is 2. The largest absolute Gasteiger partial charge is 0.424 e. The first kappa shape index (κ1) is 14.3. The SMILES string of the molecule is CC(=O)Oc1c(C(=O)c2ccc(F)cc2)sc2ncccc12. The fourth-order valence-electron chi connectivity index (χ4n) is 2.04. The summed E-state index contributed by atoms with van der Waals surface area (Å²) in [7, 11) is 0. The molecule has 0 saturated carbocycles. The zero-order chi connectivity index (χ0) is 15.7. The van der Waals surface area contributed by atoms with Crippen LogP contribution in [-0.2, 0) is 4.79 Å². The minimum absolute atomic E-state index is 0.204. The van der Waals surface area contributed by atoms with Crippen LogP contribution < -0.4 is 4.74 Å². The predicted molar refractivity (Wildman–Crippen MR) is 80.8 cm³/mol. The second-order valence-corrected chi connectivity index (χ2v) is 5.55. The summed E-state index contributed by atoms with van der Waals surface area (Å²) in [5, 5.41) is 0.605. The van der Waals surface area contributed by atoms with Crippen molar-refractivity contribution in [2.24, 2.45) is 0 Å². The molecule has 0 fully saturated rings. The fourth-order valence-corrected chi connectivity index (χ4v) is 3.07. The Kier molecular flexibility index (Phi) is 3.68. The zero-order valence-corrected chi connectivity index (χ0v) is 12.3. The summed E-state index contributed by atoms with van der Waals surface area (Å²) in [6, 6.07) is 8.65. The number of rotatable bonds is 3. The van der Waals surface area contributed by atoms with Crippen molar-refractivity contribution in [2.75, 3.05) is 0 Å². The van der Waals surface area contributed by atoms with Crippen LogP contribution in [0.15, 0.2) is 42.6 Å². The molecule has 1 aromatic carbocycles. The van der Waals surface area contributed by atoms with E-state index in [-0.39, 0.29) is 16.4 Å². The third-order valence-corrected chi connectivity index (χ3v) is 4.07. The molecule has 0 aliphatic rings. The molecule has 0 amide bonds. The van der Waals surface area contributed by atoms with Crippen molar-refractivity contribution in [3.63, 3.8) is 0 Å². The molecule has 6 heteroatoms. The summed E-state index contributed by atoms with van der Waals surface area (Å²) in [6.45, 7) is 1.27. The Morgan fingerprint density at radius 3 is 2.59 bits per heavy atom. The van der Waals surface area contributed by atoms with E-state index in [4.69, 9.17) is 4.74 Å². The third kappa shape index (κ3) is 2.60. The fraction of sp³-hybridized carbons (Fsp3) is 0.0625. The quantitative estimate of drug-likeness (QED) is 0.547. The number of pyridine rings is 1. The molecule has 0 bridgehead atoms. The first-order valence-corrected chi connectivity index (χ1v) is 7.24. The van der Waals surface area contributed by atoms with Gasteiger partial charge in [0.1, 0.15) is 15.5 Å². The number of hydrogen-bond donors (Lipinski definition) is 0. The highest BCUT2D eigenvalue weighted by Crippen LogP contribution is 2.38.